The van der Waals surface area contributed by atoms with Crippen molar-refractivity contribution in [2.24, 2.45) is 5.84 Å². The lowest BCUT2D eigenvalue weighted by molar-refractivity contribution is -0.132. The number of rotatable bonds is 3. The molecule has 0 radical (unpaired) electrons. The van der Waals surface area contributed by atoms with Gasteiger partial charge in [-0.2, -0.15) is 0 Å². The Morgan fingerprint density at radius 1 is 1.58 bits per heavy atom. The van der Waals surface area contributed by atoms with Gasteiger partial charge in [0, 0.05) is 37.8 Å². The van der Waals surface area contributed by atoms with Crippen molar-refractivity contribution < 1.29 is 9.59 Å². The molecule has 0 aliphatic carbocycles. The fraction of sp³-hybridized carbons (Fsp3) is 0.417. The molecule has 1 fully saturated rings. The minimum absolute atomic E-state index is 0.0161. The highest BCUT2D eigenvalue weighted by Gasteiger charge is 2.24. The third-order valence-electron chi connectivity index (χ3n) is 3.13. The van der Waals surface area contributed by atoms with Gasteiger partial charge in [0.25, 0.3) is 5.91 Å². The molecular formula is C12H17N5O2. The van der Waals surface area contributed by atoms with E-state index in [0.29, 0.717) is 30.8 Å². The lowest BCUT2D eigenvalue weighted by atomic mass is 10.1. The van der Waals surface area contributed by atoms with Gasteiger partial charge in [-0.05, 0) is 18.6 Å². The number of anilines is 1. The Balaban J connectivity index is 1.99. The largest absolute Gasteiger partial charge is 0.348 e. The van der Waals surface area contributed by atoms with Crippen LogP contribution in [-0.4, -0.2) is 41.3 Å². The Bertz CT molecular complexity index is 491. The van der Waals surface area contributed by atoms with Crippen LogP contribution in [0, 0.1) is 0 Å². The van der Waals surface area contributed by atoms with E-state index >= 15 is 0 Å². The number of hydrogen-bond acceptors (Lipinski definition) is 5. The molecule has 4 N–H and O–H groups in total. The van der Waals surface area contributed by atoms with E-state index in [-0.39, 0.29) is 17.9 Å². The lowest BCUT2D eigenvalue weighted by Gasteiger charge is -2.30. The van der Waals surface area contributed by atoms with Crippen molar-refractivity contribution in [2.45, 2.75) is 18.9 Å². The van der Waals surface area contributed by atoms with Crippen LogP contribution >= 0.6 is 0 Å². The number of nitrogens with one attached hydrogen (secondary N) is 2. The van der Waals surface area contributed by atoms with Gasteiger partial charge < -0.3 is 15.6 Å². The van der Waals surface area contributed by atoms with Gasteiger partial charge in [-0.3, -0.25) is 9.59 Å². The summed E-state index contributed by atoms with van der Waals surface area (Å²) in [5.74, 6) is 5.61. The molecule has 0 aromatic carbocycles. The van der Waals surface area contributed by atoms with Crippen molar-refractivity contribution >= 4 is 17.6 Å². The van der Waals surface area contributed by atoms with E-state index in [1.165, 1.54) is 6.20 Å². The van der Waals surface area contributed by atoms with Gasteiger partial charge >= 0.3 is 0 Å². The van der Waals surface area contributed by atoms with Gasteiger partial charge in [0.2, 0.25) is 5.91 Å². The van der Waals surface area contributed by atoms with Crippen molar-refractivity contribution in [3.05, 3.63) is 23.9 Å². The number of hydrazine groups is 1. The second-order valence-corrected chi connectivity index (χ2v) is 4.56. The zero-order valence-electron chi connectivity index (χ0n) is 10.7. The third-order valence-corrected chi connectivity index (χ3v) is 3.13. The number of nitrogens with two attached hydrogens (primary N) is 1. The summed E-state index contributed by atoms with van der Waals surface area (Å²) >= 11 is 0. The summed E-state index contributed by atoms with van der Waals surface area (Å²) in [4.78, 5) is 29.0. The quantitative estimate of drug-likeness (QED) is 0.514. The zero-order chi connectivity index (χ0) is 13.8. The molecule has 1 aromatic rings. The van der Waals surface area contributed by atoms with Crippen LogP contribution in [0.3, 0.4) is 0 Å². The fourth-order valence-corrected chi connectivity index (χ4v) is 2.05. The Morgan fingerprint density at radius 3 is 3.05 bits per heavy atom. The molecule has 1 aliphatic rings. The number of carbonyl (C=O) groups excluding carboxylic acids is 2. The topological polar surface area (TPSA) is 100 Å². The predicted molar refractivity (Wildman–Crippen MR) is 70.2 cm³/mol. The fourth-order valence-electron chi connectivity index (χ4n) is 2.05. The highest BCUT2D eigenvalue weighted by molar-refractivity contribution is 5.95. The van der Waals surface area contributed by atoms with Crippen molar-refractivity contribution in [1.29, 1.82) is 0 Å². The van der Waals surface area contributed by atoms with Gasteiger partial charge in [-0.25, -0.2) is 10.8 Å². The first kappa shape index (κ1) is 13.3. The standard InChI is InChI=1S/C12H17N5O2/c1-17-7-9(2-3-11(17)18)15-12(19)8-4-5-14-10(6-8)16-13/h4-6,9H,2-3,7,13H2,1H3,(H,14,16)(H,15,19). The number of nitrogen functional groups attached to an aromatic ring is 1. The van der Waals surface area contributed by atoms with Crippen molar-refractivity contribution in [1.82, 2.24) is 15.2 Å². The molecule has 2 amide bonds. The highest BCUT2D eigenvalue weighted by atomic mass is 16.2. The molecule has 1 aliphatic heterocycles. The predicted octanol–water partition coefficient (Wildman–Crippen LogP) is -0.282. The van der Waals surface area contributed by atoms with Crippen LogP contribution in [-0.2, 0) is 4.79 Å². The van der Waals surface area contributed by atoms with Gasteiger partial charge in [0.15, 0.2) is 0 Å². The van der Waals surface area contributed by atoms with E-state index in [1.807, 2.05) is 0 Å². The van der Waals surface area contributed by atoms with Crippen LogP contribution in [0.15, 0.2) is 18.3 Å². The Hall–Kier alpha value is -2.15. The second kappa shape index (κ2) is 5.66. The number of carbonyl (C=O) groups is 2. The molecule has 1 aromatic heterocycles. The van der Waals surface area contributed by atoms with Crippen LogP contribution in [0.4, 0.5) is 5.82 Å². The maximum absolute atomic E-state index is 12.1. The molecule has 1 saturated heterocycles. The summed E-state index contributed by atoms with van der Waals surface area (Å²) in [5.41, 5.74) is 2.88. The van der Waals surface area contributed by atoms with E-state index in [9.17, 15) is 9.59 Å². The normalized spacial score (nSPS) is 19.2. The summed E-state index contributed by atoms with van der Waals surface area (Å²) in [7, 11) is 1.74. The molecule has 19 heavy (non-hydrogen) atoms. The molecule has 7 nitrogen and oxygen atoms in total. The SMILES string of the molecule is CN1CC(NC(=O)c2ccnc(NN)c2)CCC1=O. The average molecular weight is 263 g/mol. The lowest BCUT2D eigenvalue weighted by Crippen LogP contribution is -2.48. The third kappa shape index (κ3) is 3.19. The summed E-state index contributed by atoms with van der Waals surface area (Å²) in [6.07, 6.45) is 2.65. The number of amides is 2. The number of hydrogen-bond donors (Lipinski definition) is 3. The number of likely N-dealkylation sites (N-methyl/N-ethyl adjacent to an activating group) is 1. The van der Waals surface area contributed by atoms with Crippen LogP contribution < -0.4 is 16.6 Å². The first-order valence-corrected chi connectivity index (χ1v) is 6.07. The zero-order valence-corrected chi connectivity index (χ0v) is 10.7. The number of aromatic nitrogens is 1. The summed E-state index contributed by atoms with van der Waals surface area (Å²) in [6, 6.07) is 3.18. The second-order valence-electron chi connectivity index (χ2n) is 4.56. The minimum Gasteiger partial charge on any atom is -0.348 e. The highest BCUT2D eigenvalue weighted by Crippen LogP contribution is 2.11. The minimum atomic E-state index is -0.188. The molecule has 0 bridgehead atoms. The first-order valence-electron chi connectivity index (χ1n) is 6.07. The number of piperidine rings is 1. The Labute approximate surface area is 111 Å². The van der Waals surface area contributed by atoms with Crippen molar-refractivity contribution in [3.8, 4) is 0 Å². The molecule has 7 heteroatoms. The average Bonchev–Trinajstić information content (AvgIpc) is 2.43. The van der Waals surface area contributed by atoms with Gasteiger partial charge in [-0.15, -0.1) is 0 Å². The molecule has 102 valence electrons. The van der Waals surface area contributed by atoms with Gasteiger partial charge in [0.1, 0.15) is 5.82 Å². The monoisotopic (exact) mass is 263 g/mol. The number of likely N-dealkylation sites (tertiary alicyclic amines) is 1. The molecule has 2 rings (SSSR count). The smallest absolute Gasteiger partial charge is 0.251 e. The van der Waals surface area contributed by atoms with Gasteiger partial charge in [-0.1, -0.05) is 0 Å². The molecule has 0 saturated carbocycles. The molecular weight excluding hydrogens is 246 g/mol. The first-order chi connectivity index (χ1) is 9.10. The van der Waals surface area contributed by atoms with E-state index in [1.54, 1.807) is 24.1 Å². The van der Waals surface area contributed by atoms with Crippen LogP contribution in [0.2, 0.25) is 0 Å². The van der Waals surface area contributed by atoms with Crippen LogP contribution in [0.5, 0.6) is 0 Å². The van der Waals surface area contributed by atoms with E-state index in [2.05, 4.69) is 15.7 Å². The summed E-state index contributed by atoms with van der Waals surface area (Å²) in [5, 5.41) is 2.91. The van der Waals surface area contributed by atoms with E-state index in [4.69, 9.17) is 5.84 Å². The summed E-state index contributed by atoms with van der Waals surface area (Å²) in [6.45, 7) is 0.539. The van der Waals surface area contributed by atoms with Crippen molar-refractivity contribution in [3.63, 3.8) is 0 Å². The number of pyridine rings is 1. The van der Waals surface area contributed by atoms with Crippen LogP contribution in [0.25, 0.3) is 0 Å². The van der Waals surface area contributed by atoms with Gasteiger partial charge in [0.05, 0.1) is 0 Å². The maximum Gasteiger partial charge on any atom is 0.251 e. The molecule has 1 unspecified atom stereocenters. The van der Waals surface area contributed by atoms with E-state index < -0.39 is 0 Å². The maximum atomic E-state index is 12.1. The number of nitrogens with zero attached hydrogens (tertiary/aromatic N) is 2. The van der Waals surface area contributed by atoms with Crippen molar-refractivity contribution in [2.75, 3.05) is 19.0 Å². The summed E-state index contributed by atoms with van der Waals surface area (Å²) < 4.78 is 0. The molecule has 2 heterocycles. The Morgan fingerprint density at radius 2 is 2.37 bits per heavy atom. The molecule has 0 spiro atoms. The van der Waals surface area contributed by atoms with Crippen LogP contribution in [0.1, 0.15) is 23.2 Å². The molecule has 1 atom stereocenters. The van der Waals surface area contributed by atoms with E-state index in [0.717, 1.165) is 0 Å². The Kier molecular flexibility index (Phi) is 3.96.